The highest BCUT2D eigenvalue weighted by molar-refractivity contribution is 7.16. The molecule has 1 heterocycles. The van der Waals surface area contributed by atoms with Crippen LogP contribution in [0.25, 0.3) is 0 Å². The fourth-order valence-electron chi connectivity index (χ4n) is 1.51. The van der Waals surface area contributed by atoms with E-state index < -0.39 is 0 Å². The first-order chi connectivity index (χ1) is 8.06. The lowest BCUT2D eigenvalue weighted by molar-refractivity contribution is 0.237. The van der Waals surface area contributed by atoms with Crippen molar-refractivity contribution in [2.75, 3.05) is 11.9 Å². The molecule has 0 saturated heterocycles. The molecule has 6 heteroatoms. The van der Waals surface area contributed by atoms with Crippen molar-refractivity contribution in [3.05, 3.63) is 10.7 Å². The second-order valence-electron chi connectivity index (χ2n) is 3.86. The molecule has 0 aliphatic heterocycles. The zero-order chi connectivity index (χ0) is 12.8. The van der Waals surface area contributed by atoms with Gasteiger partial charge in [0.05, 0.1) is 10.7 Å². The molecule has 1 atom stereocenters. The van der Waals surface area contributed by atoms with Gasteiger partial charge >= 0.3 is 6.03 Å². The first-order valence-corrected chi connectivity index (χ1v) is 6.50. The Bertz CT molecular complexity index is 379. The molecular formula is C11H19N3O2S. The van der Waals surface area contributed by atoms with Crippen LogP contribution in [0.15, 0.2) is 0 Å². The number of aliphatic hydroxyl groups excluding tert-OH is 1. The number of rotatable bonds is 5. The van der Waals surface area contributed by atoms with Gasteiger partial charge in [-0.25, -0.2) is 9.78 Å². The number of nitrogens with zero attached hydrogens (tertiary/aromatic N) is 1. The number of aryl methyl sites for hydroxylation is 2. The third-order valence-corrected chi connectivity index (χ3v) is 3.42. The van der Waals surface area contributed by atoms with Crippen LogP contribution >= 0.6 is 11.3 Å². The van der Waals surface area contributed by atoms with Gasteiger partial charge in [-0.3, -0.25) is 5.32 Å². The van der Waals surface area contributed by atoms with Gasteiger partial charge in [-0.1, -0.05) is 6.92 Å². The fourth-order valence-corrected chi connectivity index (χ4v) is 2.32. The molecule has 3 N–H and O–H groups in total. The Labute approximate surface area is 105 Å². The highest BCUT2D eigenvalue weighted by atomic mass is 32.1. The summed E-state index contributed by atoms with van der Waals surface area (Å²) in [4.78, 5) is 15.9. The number of carbonyl (C=O) groups excluding carboxylic acids is 1. The van der Waals surface area contributed by atoms with E-state index >= 15 is 0 Å². The Kier molecular flexibility index (Phi) is 5.37. The van der Waals surface area contributed by atoms with Crippen LogP contribution in [0.3, 0.4) is 0 Å². The van der Waals surface area contributed by atoms with E-state index in [1.807, 2.05) is 20.8 Å². The van der Waals surface area contributed by atoms with Gasteiger partial charge < -0.3 is 10.4 Å². The van der Waals surface area contributed by atoms with Gasteiger partial charge in [-0.15, -0.1) is 11.3 Å². The minimum Gasteiger partial charge on any atom is -0.396 e. The molecule has 96 valence electrons. The van der Waals surface area contributed by atoms with E-state index in [1.165, 1.54) is 11.3 Å². The SMILES string of the molecule is CC[C@@H](CCO)NC(=O)Nc1sc(C)nc1C. The summed E-state index contributed by atoms with van der Waals surface area (Å²) < 4.78 is 0. The Morgan fingerprint density at radius 1 is 1.53 bits per heavy atom. The first kappa shape index (κ1) is 13.9. The minimum absolute atomic E-state index is 0.00863. The Morgan fingerprint density at radius 2 is 2.24 bits per heavy atom. The number of hydrogen-bond donors (Lipinski definition) is 3. The number of amides is 2. The summed E-state index contributed by atoms with van der Waals surface area (Å²) in [5.41, 5.74) is 0.831. The molecule has 0 unspecified atom stereocenters. The van der Waals surface area contributed by atoms with Crippen LogP contribution in [0.4, 0.5) is 9.80 Å². The van der Waals surface area contributed by atoms with E-state index in [1.54, 1.807) is 0 Å². The quantitative estimate of drug-likeness (QED) is 0.755. The maximum absolute atomic E-state index is 11.7. The van der Waals surface area contributed by atoms with Crippen molar-refractivity contribution >= 4 is 22.4 Å². The van der Waals surface area contributed by atoms with Crippen molar-refractivity contribution in [2.24, 2.45) is 0 Å². The van der Waals surface area contributed by atoms with Crippen molar-refractivity contribution in [3.8, 4) is 0 Å². The largest absolute Gasteiger partial charge is 0.396 e. The number of hydrogen-bond acceptors (Lipinski definition) is 4. The minimum atomic E-state index is -0.239. The number of aromatic nitrogens is 1. The fraction of sp³-hybridized carbons (Fsp3) is 0.636. The lowest BCUT2D eigenvalue weighted by Gasteiger charge is -2.15. The zero-order valence-corrected chi connectivity index (χ0v) is 11.2. The van der Waals surface area contributed by atoms with Crippen LogP contribution < -0.4 is 10.6 Å². The number of thiazole rings is 1. The Morgan fingerprint density at radius 3 is 2.71 bits per heavy atom. The molecule has 0 fully saturated rings. The third kappa shape index (κ3) is 4.32. The van der Waals surface area contributed by atoms with Crippen LogP contribution in [0.1, 0.15) is 30.5 Å². The van der Waals surface area contributed by atoms with Crippen molar-refractivity contribution in [1.82, 2.24) is 10.3 Å². The molecule has 0 aromatic carbocycles. The Balaban J connectivity index is 2.51. The summed E-state index contributed by atoms with van der Waals surface area (Å²) in [6.07, 6.45) is 1.37. The molecule has 0 saturated carbocycles. The summed E-state index contributed by atoms with van der Waals surface area (Å²) in [7, 11) is 0. The predicted octanol–water partition coefficient (Wildman–Crippen LogP) is 2.04. The van der Waals surface area contributed by atoms with Crippen LogP contribution in [-0.2, 0) is 0 Å². The lowest BCUT2D eigenvalue weighted by atomic mass is 10.2. The van der Waals surface area contributed by atoms with E-state index in [-0.39, 0.29) is 18.7 Å². The second-order valence-corrected chi connectivity index (χ2v) is 5.07. The molecule has 1 aromatic heterocycles. The van der Waals surface area contributed by atoms with E-state index in [4.69, 9.17) is 5.11 Å². The van der Waals surface area contributed by atoms with Crippen LogP contribution in [0, 0.1) is 13.8 Å². The zero-order valence-electron chi connectivity index (χ0n) is 10.4. The smallest absolute Gasteiger partial charge is 0.320 e. The number of anilines is 1. The first-order valence-electron chi connectivity index (χ1n) is 5.69. The normalized spacial score (nSPS) is 12.2. The maximum Gasteiger partial charge on any atom is 0.320 e. The van der Waals surface area contributed by atoms with Crippen LogP contribution in [0.5, 0.6) is 0 Å². The summed E-state index contributed by atoms with van der Waals surface area (Å²) in [6.45, 7) is 5.83. The maximum atomic E-state index is 11.7. The van der Waals surface area contributed by atoms with Gasteiger partial charge in [-0.05, 0) is 26.7 Å². The predicted molar refractivity (Wildman–Crippen MR) is 69.5 cm³/mol. The Hall–Kier alpha value is -1.14. The molecule has 1 rings (SSSR count). The van der Waals surface area contributed by atoms with Gasteiger partial charge in [0.1, 0.15) is 5.00 Å². The molecule has 0 bridgehead atoms. The van der Waals surface area contributed by atoms with Crippen molar-refractivity contribution in [1.29, 1.82) is 0 Å². The molecule has 0 spiro atoms. The van der Waals surface area contributed by atoms with Gasteiger partial charge in [0.2, 0.25) is 0 Å². The molecule has 1 aromatic rings. The standard InChI is InChI=1S/C11H19N3O2S/c1-4-9(5-6-15)13-11(16)14-10-7(2)12-8(3)17-10/h9,15H,4-6H2,1-3H3,(H2,13,14,16)/t9-/m0/s1. The number of aliphatic hydroxyl groups is 1. The van der Waals surface area contributed by atoms with Crippen molar-refractivity contribution < 1.29 is 9.90 Å². The van der Waals surface area contributed by atoms with Crippen molar-refractivity contribution in [3.63, 3.8) is 0 Å². The van der Waals surface area contributed by atoms with Gasteiger partial charge in [0.15, 0.2) is 0 Å². The molecule has 2 amide bonds. The second kappa shape index (κ2) is 6.56. The highest BCUT2D eigenvalue weighted by Crippen LogP contribution is 2.22. The third-order valence-electron chi connectivity index (χ3n) is 2.44. The molecule has 0 aliphatic rings. The molecule has 17 heavy (non-hydrogen) atoms. The molecule has 0 radical (unpaired) electrons. The molecule has 0 aliphatic carbocycles. The topological polar surface area (TPSA) is 74.2 Å². The average molecular weight is 257 g/mol. The van der Waals surface area contributed by atoms with Crippen LogP contribution in [-0.4, -0.2) is 28.8 Å². The number of carbonyl (C=O) groups is 1. The van der Waals surface area contributed by atoms with E-state index in [0.717, 1.165) is 22.1 Å². The van der Waals surface area contributed by atoms with Crippen molar-refractivity contribution in [2.45, 2.75) is 39.7 Å². The van der Waals surface area contributed by atoms with Gasteiger partial charge in [-0.2, -0.15) is 0 Å². The van der Waals surface area contributed by atoms with Gasteiger partial charge in [0.25, 0.3) is 0 Å². The number of urea groups is 1. The number of nitrogens with one attached hydrogen (secondary N) is 2. The molecule has 5 nitrogen and oxygen atoms in total. The average Bonchev–Trinajstić information content (AvgIpc) is 2.56. The summed E-state index contributed by atoms with van der Waals surface area (Å²) >= 11 is 1.46. The van der Waals surface area contributed by atoms with Gasteiger partial charge in [0, 0.05) is 12.6 Å². The molecular weight excluding hydrogens is 238 g/mol. The summed E-state index contributed by atoms with van der Waals surface area (Å²) in [6, 6.07) is -0.230. The lowest BCUT2D eigenvalue weighted by Crippen LogP contribution is -2.38. The van der Waals surface area contributed by atoms with E-state index in [0.29, 0.717) is 6.42 Å². The highest BCUT2D eigenvalue weighted by Gasteiger charge is 2.12. The summed E-state index contributed by atoms with van der Waals surface area (Å²) in [5, 5.41) is 16.1. The monoisotopic (exact) mass is 257 g/mol. The van der Waals surface area contributed by atoms with Crippen LogP contribution in [0.2, 0.25) is 0 Å². The summed E-state index contributed by atoms with van der Waals surface area (Å²) in [5.74, 6) is 0. The van der Waals surface area contributed by atoms with E-state index in [9.17, 15) is 4.79 Å². The van der Waals surface area contributed by atoms with E-state index in [2.05, 4.69) is 15.6 Å².